The Morgan fingerprint density at radius 3 is 2.60 bits per heavy atom. The molecule has 1 amide bonds. The number of hydrogen-bond donors (Lipinski definition) is 1. The summed E-state index contributed by atoms with van der Waals surface area (Å²) in [6.07, 6.45) is 4.87. The van der Waals surface area contributed by atoms with E-state index in [-0.39, 0.29) is 17.2 Å². The summed E-state index contributed by atoms with van der Waals surface area (Å²) in [5.41, 5.74) is 2.54. The first-order chi connectivity index (χ1) is 12.1. The number of nitrogens with zero attached hydrogens (tertiary/aromatic N) is 2. The summed E-state index contributed by atoms with van der Waals surface area (Å²) < 4.78 is 1.58. The molecular weight excluding hydrogens is 314 g/mol. The lowest BCUT2D eigenvalue weighted by Crippen LogP contribution is -2.30. The van der Waals surface area contributed by atoms with Gasteiger partial charge in [-0.1, -0.05) is 29.8 Å². The molecule has 5 heteroatoms. The van der Waals surface area contributed by atoms with Gasteiger partial charge in [-0.05, 0) is 43.7 Å². The molecule has 0 radical (unpaired) electrons. The van der Waals surface area contributed by atoms with Gasteiger partial charge in [-0.2, -0.15) is 0 Å². The average molecular weight is 333 g/mol. The van der Waals surface area contributed by atoms with E-state index >= 15 is 0 Å². The van der Waals surface area contributed by atoms with Crippen LogP contribution in [0.1, 0.15) is 34.5 Å². The first-order valence-corrected chi connectivity index (χ1v) is 8.05. The fraction of sp³-hybridized carbons (Fsp3) is 0.150. The third-order valence-corrected chi connectivity index (χ3v) is 4.10. The molecule has 0 saturated carbocycles. The molecule has 2 aromatic heterocycles. The molecule has 3 aromatic rings. The molecule has 3 rings (SSSR count). The van der Waals surface area contributed by atoms with Gasteiger partial charge in [-0.15, -0.1) is 0 Å². The molecule has 126 valence electrons. The lowest BCUT2D eigenvalue weighted by atomic mass is 10.1. The SMILES string of the molecule is Cc1cccc([C@H](C)n2cccc(C(=O)Nc3ccncc3)c2=O)c1. The minimum atomic E-state index is -0.429. The Kier molecular flexibility index (Phi) is 4.75. The topological polar surface area (TPSA) is 64.0 Å². The molecule has 0 fully saturated rings. The van der Waals surface area contributed by atoms with E-state index in [4.69, 9.17) is 0 Å². The van der Waals surface area contributed by atoms with Crippen LogP contribution in [0.4, 0.5) is 5.69 Å². The van der Waals surface area contributed by atoms with Crippen molar-refractivity contribution in [1.29, 1.82) is 0 Å². The molecular formula is C20H19N3O2. The lowest BCUT2D eigenvalue weighted by Gasteiger charge is -2.17. The van der Waals surface area contributed by atoms with E-state index in [9.17, 15) is 9.59 Å². The highest BCUT2D eigenvalue weighted by atomic mass is 16.2. The van der Waals surface area contributed by atoms with Gasteiger partial charge >= 0.3 is 0 Å². The highest BCUT2D eigenvalue weighted by Crippen LogP contribution is 2.17. The first-order valence-electron chi connectivity index (χ1n) is 8.05. The lowest BCUT2D eigenvalue weighted by molar-refractivity contribution is 0.102. The molecule has 5 nitrogen and oxygen atoms in total. The Balaban J connectivity index is 1.92. The molecule has 0 spiro atoms. The van der Waals surface area contributed by atoms with Crippen LogP contribution in [0.5, 0.6) is 0 Å². The zero-order valence-electron chi connectivity index (χ0n) is 14.1. The maximum Gasteiger partial charge on any atom is 0.263 e. The van der Waals surface area contributed by atoms with Crippen LogP contribution in [-0.4, -0.2) is 15.5 Å². The first kappa shape index (κ1) is 16.6. The number of aromatic nitrogens is 2. The molecule has 0 aliphatic carbocycles. The third kappa shape index (κ3) is 3.66. The van der Waals surface area contributed by atoms with E-state index in [2.05, 4.69) is 10.3 Å². The molecule has 2 heterocycles. The van der Waals surface area contributed by atoms with Crippen LogP contribution < -0.4 is 10.9 Å². The Bertz CT molecular complexity index is 948. The van der Waals surface area contributed by atoms with Gasteiger partial charge in [-0.3, -0.25) is 14.6 Å². The average Bonchev–Trinajstić information content (AvgIpc) is 2.62. The molecule has 0 aliphatic rings. The van der Waals surface area contributed by atoms with Crippen molar-refractivity contribution in [2.24, 2.45) is 0 Å². The summed E-state index contributed by atoms with van der Waals surface area (Å²) in [5, 5.41) is 2.72. The molecule has 25 heavy (non-hydrogen) atoms. The number of hydrogen-bond acceptors (Lipinski definition) is 3. The number of amides is 1. The van der Waals surface area contributed by atoms with Crippen molar-refractivity contribution in [3.05, 3.63) is 94.2 Å². The van der Waals surface area contributed by atoms with Crippen molar-refractivity contribution in [1.82, 2.24) is 9.55 Å². The number of benzene rings is 1. The van der Waals surface area contributed by atoms with E-state index in [1.165, 1.54) is 0 Å². The molecule has 0 saturated heterocycles. The van der Waals surface area contributed by atoms with Crippen LogP contribution in [0.3, 0.4) is 0 Å². The summed E-state index contributed by atoms with van der Waals surface area (Å²) in [7, 11) is 0. The van der Waals surface area contributed by atoms with Crippen LogP contribution in [0, 0.1) is 6.92 Å². The Hall–Kier alpha value is -3.21. The second-order valence-corrected chi connectivity index (χ2v) is 5.91. The molecule has 0 unspecified atom stereocenters. The zero-order chi connectivity index (χ0) is 17.8. The summed E-state index contributed by atoms with van der Waals surface area (Å²) in [5.74, 6) is -0.429. The van der Waals surface area contributed by atoms with E-state index in [0.717, 1.165) is 11.1 Å². The maximum absolute atomic E-state index is 12.8. The second-order valence-electron chi connectivity index (χ2n) is 5.91. The van der Waals surface area contributed by atoms with Crippen molar-refractivity contribution in [2.45, 2.75) is 19.9 Å². The van der Waals surface area contributed by atoms with Gasteiger partial charge in [0.05, 0.1) is 6.04 Å². The normalized spacial score (nSPS) is 11.8. The van der Waals surface area contributed by atoms with E-state index in [0.29, 0.717) is 5.69 Å². The molecule has 1 atom stereocenters. The molecule has 0 bridgehead atoms. The molecule has 1 aromatic carbocycles. The van der Waals surface area contributed by atoms with Gasteiger partial charge in [0.1, 0.15) is 5.56 Å². The second kappa shape index (κ2) is 7.13. The van der Waals surface area contributed by atoms with Crippen molar-refractivity contribution in [3.8, 4) is 0 Å². The number of rotatable bonds is 4. The minimum Gasteiger partial charge on any atom is -0.322 e. The fourth-order valence-corrected chi connectivity index (χ4v) is 2.71. The predicted molar refractivity (Wildman–Crippen MR) is 97.9 cm³/mol. The highest BCUT2D eigenvalue weighted by Gasteiger charge is 2.16. The van der Waals surface area contributed by atoms with Gasteiger partial charge in [0.15, 0.2) is 0 Å². The minimum absolute atomic E-state index is 0.110. The van der Waals surface area contributed by atoms with Gasteiger partial charge in [0.2, 0.25) is 0 Å². The van der Waals surface area contributed by atoms with Crippen molar-refractivity contribution in [2.75, 3.05) is 5.32 Å². The van der Waals surface area contributed by atoms with Crippen molar-refractivity contribution < 1.29 is 4.79 Å². The van der Waals surface area contributed by atoms with E-state index in [1.54, 1.807) is 47.4 Å². The van der Waals surface area contributed by atoms with E-state index < -0.39 is 5.91 Å². The molecule has 1 N–H and O–H groups in total. The Morgan fingerprint density at radius 1 is 1.12 bits per heavy atom. The van der Waals surface area contributed by atoms with Crippen LogP contribution >= 0.6 is 0 Å². The maximum atomic E-state index is 12.8. The third-order valence-electron chi connectivity index (χ3n) is 4.10. The largest absolute Gasteiger partial charge is 0.322 e. The van der Waals surface area contributed by atoms with Gasteiger partial charge in [0.25, 0.3) is 11.5 Å². The van der Waals surface area contributed by atoms with Crippen LogP contribution in [0.15, 0.2) is 71.9 Å². The van der Waals surface area contributed by atoms with Crippen molar-refractivity contribution >= 4 is 11.6 Å². The van der Waals surface area contributed by atoms with Crippen LogP contribution in [0.2, 0.25) is 0 Å². The summed E-state index contributed by atoms with van der Waals surface area (Å²) >= 11 is 0. The monoisotopic (exact) mass is 333 g/mol. The number of nitrogens with one attached hydrogen (secondary N) is 1. The fourth-order valence-electron chi connectivity index (χ4n) is 2.71. The number of aryl methyl sites for hydroxylation is 1. The number of carbonyl (C=O) groups excluding carboxylic acids is 1. The zero-order valence-corrected chi connectivity index (χ0v) is 14.1. The molecule has 0 aliphatic heterocycles. The smallest absolute Gasteiger partial charge is 0.263 e. The Morgan fingerprint density at radius 2 is 1.88 bits per heavy atom. The summed E-state index contributed by atoms with van der Waals surface area (Å²) in [6, 6.07) is 14.4. The number of carbonyl (C=O) groups is 1. The quantitative estimate of drug-likeness (QED) is 0.796. The summed E-state index contributed by atoms with van der Waals surface area (Å²) in [4.78, 5) is 29.1. The number of pyridine rings is 2. The van der Waals surface area contributed by atoms with Gasteiger partial charge in [-0.25, -0.2) is 0 Å². The summed E-state index contributed by atoms with van der Waals surface area (Å²) in [6.45, 7) is 3.96. The van der Waals surface area contributed by atoms with E-state index in [1.807, 2.05) is 38.1 Å². The van der Waals surface area contributed by atoms with Crippen molar-refractivity contribution in [3.63, 3.8) is 0 Å². The van der Waals surface area contributed by atoms with Gasteiger partial charge in [0, 0.05) is 24.3 Å². The van der Waals surface area contributed by atoms with Crippen LogP contribution in [0.25, 0.3) is 0 Å². The van der Waals surface area contributed by atoms with Gasteiger partial charge < -0.3 is 9.88 Å². The van der Waals surface area contributed by atoms with Crippen LogP contribution in [-0.2, 0) is 0 Å². The Labute approximate surface area is 146 Å². The standard InChI is InChI=1S/C20H19N3O2/c1-14-5-3-6-16(13-14)15(2)23-12-4-7-18(20(23)25)19(24)22-17-8-10-21-11-9-17/h3-13,15H,1-2H3,(H,21,22,24)/t15-/m0/s1. The highest BCUT2D eigenvalue weighted by molar-refractivity contribution is 6.03. The number of anilines is 1. The predicted octanol–water partition coefficient (Wildman–Crippen LogP) is 3.41.